The fourth-order valence-electron chi connectivity index (χ4n) is 3.59. The second kappa shape index (κ2) is 7.91. The van der Waals surface area contributed by atoms with Crippen molar-refractivity contribution >= 4 is 34.2 Å². The number of para-hydroxylation sites is 1. The van der Waals surface area contributed by atoms with Gasteiger partial charge in [0.1, 0.15) is 0 Å². The molecule has 0 aliphatic carbocycles. The summed E-state index contributed by atoms with van der Waals surface area (Å²) in [5, 5.41) is 9.67. The van der Waals surface area contributed by atoms with Crippen molar-refractivity contribution in [3.63, 3.8) is 0 Å². The second-order valence-electron chi connectivity index (χ2n) is 7.30. The van der Waals surface area contributed by atoms with Gasteiger partial charge in [0.2, 0.25) is 5.78 Å². The van der Waals surface area contributed by atoms with Crippen molar-refractivity contribution in [1.29, 1.82) is 0 Å². The molecule has 2 aromatic heterocycles. The van der Waals surface area contributed by atoms with Crippen molar-refractivity contribution in [2.45, 2.75) is 32.5 Å². The van der Waals surface area contributed by atoms with Gasteiger partial charge in [0, 0.05) is 12.1 Å². The van der Waals surface area contributed by atoms with Crippen LogP contribution in [-0.4, -0.2) is 30.7 Å². The molecule has 2 heterocycles. The molecule has 6 nitrogen and oxygen atoms in total. The minimum Gasteiger partial charge on any atom is -0.293 e. The Balaban J connectivity index is 1.76. The van der Waals surface area contributed by atoms with Crippen LogP contribution in [0.1, 0.15) is 27.0 Å². The monoisotopic (exact) mass is 418 g/mol. The molecule has 30 heavy (non-hydrogen) atoms. The van der Waals surface area contributed by atoms with Crippen LogP contribution in [0.15, 0.2) is 59.0 Å². The second-order valence-corrected chi connectivity index (χ2v) is 8.25. The number of aryl methyl sites for hydroxylation is 3. The highest BCUT2D eigenvalue weighted by molar-refractivity contribution is 7.99. The molecule has 0 amide bonds. The number of nitrogens with zero attached hydrogens (tertiary/aromatic N) is 4. The Morgan fingerprint density at radius 3 is 2.60 bits per heavy atom. The van der Waals surface area contributed by atoms with Crippen LogP contribution in [0.4, 0.5) is 0 Å². The van der Waals surface area contributed by atoms with Gasteiger partial charge < -0.3 is 0 Å². The highest BCUT2D eigenvalue weighted by atomic mass is 32.2. The molecule has 0 saturated carbocycles. The summed E-state index contributed by atoms with van der Waals surface area (Å²) in [4.78, 5) is 25.8. The molecule has 4 rings (SSSR count). The van der Waals surface area contributed by atoms with E-state index >= 15 is 0 Å². The van der Waals surface area contributed by atoms with Crippen LogP contribution in [0.25, 0.3) is 16.7 Å². The number of fused-ring (bicyclic) bond motifs is 3. The summed E-state index contributed by atoms with van der Waals surface area (Å²) in [5.41, 5.74) is 4.56. The molecule has 4 aromatic rings. The molecule has 0 atom stereocenters. The van der Waals surface area contributed by atoms with Gasteiger partial charge in [-0.15, -0.1) is 16.8 Å². The summed E-state index contributed by atoms with van der Waals surface area (Å²) >= 11 is 1.32. The lowest BCUT2D eigenvalue weighted by atomic mass is 9.99. The Bertz CT molecular complexity index is 1370. The standard InChI is InChI=1S/C23H22N4O2S/c1-5-10-26-21(29)17-8-6-7-9-19(17)27-22(26)24-25-23(27)30-13-20(28)18-12-15(3)14(2)11-16(18)4/h5-9,11-12H,1,10,13H2,2-4H3. The summed E-state index contributed by atoms with van der Waals surface area (Å²) in [6, 6.07) is 11.3. The van der Waals surface area contributed by atoms with Gasteiger partial charge in [-0.05, 0) is 55.7 Å². The van der Waals surface area contributed by atoms with Crippen LogP contribution in [0.3, 0.4) is 0 Å². The van der Waals surface area contributed by atoms with Gasteiger partial charge >= 0.3 is 0 Å². The average molecular weight is 419 g/mol. The number of ketones is 1. The van der Waals surface area contributed by atoms with E-state index in [1.807, 2.05) is 55.5 Å². The highest BCUT2D eigenvalue weighted by Gasteiger charge is 2.18. The van der Waals surface area contributed by atoms with Crippen LogP contribution < -0.4 is 5.56 Å². The Labute approximate surface area is 178 Å². The van der Waals surface area contributed by atoms with E-state index in [2.05, 4.69) is 16.8 Å². The molecule has 152 valence electrons. The van der Waals surface area contributed by atoms with Gasteiger partial charge in [-0.3, -0.25) is 18.6 Å². The topological polar surface area (TPSA) is 69.3 Å². The molecule has 0 spiro atoms. The molecule has 0 aliphatic heterocycles. The largest absolute Gasteiger partial charge is 0.293 e. The number of hydrogen-bond acceptors (Lipinski definition) is 5. The third-order valence-corrected chi connectivity index (χ3v) is 6.19. The predicted octanol–water partition coefficient (Wildman–Crippen LogP) is 4.13. The molecule has 2 aromatic carbocycles. The van der Waals surface area contributed by atoms with Crippen LogP contribution >= 0.6 is 11.8 Å². The van der Waals surface area contributed by atoms with E-state index in [1.54, 1.807) is 16.7 Å². The lowest BCUT2D eigenvalue weighted by Crippen LogP contribution is -2.22. The first-order valence-electron chi connectivity index (χ1n) is 9.63. The number of carbonyl (C=O) groups excluding carboxylic acids is 1. The zero-order chi connectivity index (χ0) is 21.4. The average Bonchev–Trinajstić information content (AvgIpc) is 3.16. The van der Waals surface area contributed by atoms with Crippen LogP contribution in [0.2, 0.25) is 0 Å². The minimum atomic E-state index is -0.135. The Hall–Kier alpha value is -3.19. The molecule has 7 heteroatoms. The maximum absolute atomic E-state index is 12.9. The fraction of sp³-hybridized carbons (Fsp3) is 0.217. The first-order chi connectivity index (χ1) is 14.4. The molecular formula is C23H22N4O2S. The van der Waals surface area contributed by atoms with E-state index < -0.39 is 0 Å². The van der Waals surface area contributed by atoms with Crippen molar-refractivity contribution in [2.75, 3.05) is 5.75 Å². The quantitative estimate of drug-likeness (QED) is 0.268. The fourth-order valence-corrected chi connectivity index (χ4v) is 4.41. The maximum Gasteiger partial charge on any atom is 0.263 e. The number of rotatable bonds is 6. The van der Waals surface area contributed by atoms with Gasteiger partial charge in [0.05, 0.1) is 16.7 Å². The number of carbonyl (C=O) groups is 1. The molecule has 0 radical (unpaired) electrons. The van der Waals surface area contributed by atoms with Crippen molar-refractivity contribution in [1.82, 2.24) is 19.2 Å². The van der Waals surface area contributed by atoms with E-state index in [4.69, 9.17) is 0 Å². The zero-order valence-corrected chi connectivity index (χ0v) is 18.0. The van der Waals surface area contributed by atoms with E-state index in [-0.39, 0.29) is 17.1 Å². The van der Waals surface area contributed by atoms with Gasteiger partial charge in [-0.25, -0.2) is 0 Å². The number of thioether (sulfide) groups is 1. The highest BCUT2D eigenvalue weighted by Crippen LogP contribution is 2.24. The van der Waals surface area contributed by atoms with Gasteiger partial charge in [-0.2, -0.15) is 0 Å². The Morgan fingerprint density at radius 1 is 1.10 bits per heavy atom. The molecule has 0 saturated heterocycles. The lowest BCUT2D eigenvalue weighted by Gasteiger charge is -2.10. The number of Topliss-reactive ketones (excluding diaryl/α,β-unsaturated/α-hetero) is 1. The first-order valence-corrected chi connectivity index (χ1v) is 10.6. The summed E-state index contributed by atoms with van der Waals surface area (Å²) in [6.07, 6.45) is 1.66. The van der Waals surface area contributed by atoms with Crippen LogP contribution in [0, 0.1) is 20.8 Å². The van der Waals surface area contributed by atoms with Crippen molar-refractivity contribution < 1.29 is 4.79 Å². The number of benzene rings is 2. The molecule has 0 bridgehead atoms. The van der Waals surface area contributed by atoms with Crippen LogP contribution in [-0.2, 0) is 6.54 Å². The SMILES string of the molecule is C=CCn1c(=O)c2ccccc2n2c(SCC(=O)c3cc(C)c(C)cc3C)nnc12. The number of aromatic nitrogens is 4. The van der Waals surface area contributed by atoms with Crippen molar-refractivity contribution in [3.8, 4) is 0 Å². The van der Waals surface area contributed by atoms with E-state index in [1.165, 1.54) is 17.3 Å². The smallest absolute Gasteiger partial charge is 0.263 e. The number of hydrogen-bond donors (Lipinski definition) is 0. The molecule has 0 unspecified atom stereocenters. The van der Waals surface area contributed by atoms with E-state index in [0.717, 1.165) is 22.2 Å². The van der Waals surface area contributed by atoms with Crippen molar-refractivity contribution in [3.05, 3.63) is 81.7 Å². The summed E-state index contributed by atoms with van der Waals surface area (Å²) in [6.45, 7) is 10.1. The summed E-state index contributed by atoms with van der Waals surface area (Å²) < 4.78 is 3.38. The first kappa shape index (κ1) is 20.1. The molecular weight excluding hydrogens is 396 g/mol. The minimum absolute atomic E-state index is 0.0427. The normalized spacial score (nSPS) is 11.3. The van der Waals surface area contributed by atoms with Gasteiger partial charge in [0.25, 0.3) is 5.56 Å². The van der Waals surface area contributed by atoms with Gasteiger partial charge in [-0.1, -0.05) is 36.0 Å². The van der Waals surface area contributed by atoms with Crippen LogP contribution in [0.5, 0.6) is 0 Å². The zero-order valence-electron chi connectivity index (χ0n) is 17.2. The van der Waals surface area contributed by atoms with Gasteiger partial charge in [0.15, 0.2) is 10.9 Å². The molecule has 0 fully saturated rings. The summed E-state index contributed by atoms with van der Waals surface area (Å²) in [5.74, 6) is 0.718. The van der Waals surface area contributed by atoms with E-state index in [9.17, 15) is 9.59 Å². The lowest BCUT2D eigenvalue weighted by molar-refractivity contribution is 0.102. The third kappa shape index (κ3) is 3.35. The van der Waals surface area contributed by atoms with Crippen molar-refractivity contribution in [2.24, 2.45) is 0 Å². The maximum atomic E-state index is 12.9. The van der Waals surface area contributed by atoms with E-state index in [0.29, 0.717) is 22.9 Å². The Morgan fingerprint density at radius 2 is 1.83 bits per heavy atom. The molecule has 0 aliphatic rings. The summed E-state index contributed by atoms with van der Waals surface area (Å²) in [7, 11) is 0. The third-order valence-electron chi connectivity index (χ3n) is 5.26. The predicted molar refractivity (Wildman–Crippen MR) is 121 cm³/mol. The molecule has 0 N–H and O–H groups in total. The number of allylic oxidation sites excluding steroid dienone is 1. The Kier molecular flexibility index (Phi) is 5.30.